The van der Waals surface area contributed by atoms with E-state index in [1.165, 1.54) is 0 Å². The van der Waals surface area contributed by atoms with E-state index >= 15 is 0 Å². The average Bonchev–Trinajstić information content (AvgIpc) is 2.35. The van der Waals surface area contributed by atoms with Crippen molar-refractivity contribution in [3.05, 3.63) is 0 Å². The zero-order valence-corrected chi connectivity index (χ0v) is 11.2. The topological polar surface area (TPSA) is 101 Å². The normalized spacial score (nSPS) is 26.6. The van der Waals surface area contributed by atoms with Gasteiger partial charge in [0.15, 0.2) is 0 Å². The molecule has 1 rings (SSSR count). The van der Waals surface area contributed by atoms with Crippen LogP contribution in [0.4, 0.5) is 0 Å². The third-order valence-corrected chi connectivity index (χ3v) is 3.85. The summed E-state index contributed by atoms with van der Waals surface area (Å²) < 4.78 is 0. The Morgan fingerprint density at radius 3 is 2.67 bits per heavy atom. The molecule has 6 heteroatoms. The van der Waals surface area contributed by atoms with Crippen molar-refractivity contribution in [3.63, 3.8) is 0 Å². The third kappa shape index (κ3) is 3.96. The van der Waals surface area contributed by atoms with Crippen molar-refractivity contribution in [2.24, 2.45) is 17.5 Å². The van der Waals surface area contributed by atoms with Gasteiger partial charge in [0.2, 0.25) is 11.8 Å². The van der Waals surface area contributed by atoms with E-state index in [0.717, 1.165) is 19.3 Å². The number of piperidine rings is 1. The van der Waals surface area contributed by atoms with Crippen LogP contribution in [0.15, 0.2) is 0 Å². The lowest BCUT2D eigenvalue weighted by Gasteiger charge is -2.40. The maximum Gasteiger partial charge on any atom is 0.233 e. The number of rotatable bonds is 5. The van der Waals surface area contributed by atoms with Gasteiger partial charge in [-0.3, -0.25) is 19.9 Å². The molecule has 104 valence electrons. The molecule has 3 atom stereocenters. The van der Waals surface area contributed by atoms with Gasteiger partial charge in [-0.05, 0) is 33.1 Å². The Kier molecular flexibility index (Phi) is 5.55. The first kappa shape index (κ1) is 14.9. The average molecular weight is 256 g/mol. The summed E-state index contributed by atoms with van der Waals surface area (Å²) in [6.45, 7) is 4.92. The second-order valence-electron chi connectivity index (χ2n) is 5.18. The lowest BCUT2D eigenvalue weighted by molar-refractivity contribution is -0.125. The number of nitrogens with one attached hydrogen (secondary N) is 1. The number of nitrogens with two attached hydrogens (primary N) is 2. The monoisotopic (exact) mass is 256 g/mol. The van der Waals surface area contributed by atoms with E-state index in [0.29, 0.717) is 19.0 Å². The molecule has 0 saturated carbocycles. The molecule has 18 heavy (non-hydrogen) atoms. The predicted molar refractivity (Wildman–Crippen MR) is 69.1 cm³/mol. The molecule has 0 bridgehead atoms. The van der Waals surface area contributed by atoms with Crippen LogP contribution in [0.5, 0.6) is 0 Å². The molecule has 0 aromatic carbocycles. The van der Waals surface area contributed by atoms with Crippen LogP contribution in [0.3, 0.4) is 0 Å². The van der Waals surface area contributed by atoms with Gasteiger partial charge in [0, 0.05) is 25.0 Å². The highest BCUT2D eigenvalue weighted by Crippen LogP contribution is 2.25. The Balaban J connectivity index is 2.50. The lowest BCUT2D eigenvalue weighted by Crippen LogP contribution is -2.49. The second kappa shape index (κ2) is 6.70. The Hall–Kier alpha value is -1.14. The molecule has 1 saturated heterocycles. The van der Waals surface area contributed by atoms with Crippen LogP contribution in [0.25, 0.3) is 0 Å². The summed E-state index contributed by atoms with van der Waals surface area (Å²) in [4.78, 5) is 24.6. The molecule has 2 amide bonds. The van der Waals surface area contributed by atoms with Gasteiger partial charge in [0.05, 0.1) is 5.92 Å². The van der Waals surface area contributed by atoms with Gasteiger partial charge in [0.25, 0.3) is 0 Å². The molecule has 0 radical (unpaired) electrons. The van der Waals surface area contributed by atoms with E-state index in [9.17, 15) is 9.59 Å². The van der Waals surface area contributed by atoms with Crippen molar-refractivity contribution < 1.29 is 9.59 Å². The summed E-state index contributed by atoms with van der Waals surface area (Å²) in [5.41, 5.74) is 7.50. The fourth-order valence-electron chi connectivity index (χ4n) is 2.56. The van der Waals surface area contributed by atoms with Gasteiger partial charge in [-0.15, -0.1) is 0 Å². The standard InChI is InChI=1S/C12H24N4O2/c1-8-3-5-10(12(13)18)7-16(8)9(2)4-6-11(17)15-14/h8-10H,3-7,14H2,1-2H3,(H2,13,18)(H,15,17). The Bertz CT molecular complexity index is 308. The molecular formula is C12H24N4O2. The predicted octanol–water partition coefficient (Wildman–Crippen LogP) is -0.269. The Labute approximate surface area is 108 Å². The molecule has 0 aromatic heterocycles. The maximum atomic E-state index is 11.3. The number of carbonyl (C=O) groups excluding carboxylic acids is 2. The zero-order chi connectivity index (χ0) is 13.7. The number of carbonyl (C=O) groups is 2. The van der Waals surface area contributed by atoms with E-state index < -0.39 is 0 Å². The summed E-state index contributed by atoms with van der Waals surface area (Å²) in [5.74, 6) is 4.61. The van der Waals surface area contributed by atoms with E-state index in [4.69, 9.17) is 11.6 Å². The van der Waals surface area contributed by atoms with E-state index in [-0.39, 0.29) is 23.8 Å². The summed E-state index contributed by atoms with van der Waals surface area (Å²) in [5, 5.41) is 0. The SMILES string of the molecule is CC(CCC(=O)NN)N1CC(C(N)=O)CCC1C. The molecule has 6 nitrogen and oxygen atoms in total. The van der Waals surface area contributed by atoms with Crippen molar-refractivity contribution in [2.45, 2.75) is 51.6 Å². The molecule has 1 heterocycles. The lowest BCUT2D eigenvalue weighted by atomic mass is 9.91. The summed E-state index contributed by atoms with van der Waals surface area (Å²) in [7, 11) is 0. The van der Waals surface area contributed by atoms with Gasteiger partial charge in [-0.2, -0.15) is 0 Å². The van der Waals surface area contributed by atoms with Crippen LogP contribution >= 0.6 is 0 Å². The molecular weight excluding hydrogens is 232 g/mol. The van der Waals surface area contributed by atoms with Crippen molar-refractivity contribution in [1.82, 2.24) is 10.3 Å². The molecule has 5 N–H and O–H groups in total. The highest BCUT2D eigenvalue weighted by atomic mass is 16.2. The Morgan fingerprint density at radius 1 is 1.44 bits per heavy atom. The van der Waals surface area contributed by atoms with Gasteiger partial charge in [-0.1, -0.05) is 0 Å². The summed E-state index contributed by atoms with van der Waals surface area (Å²) in [6, 6.07) is 0.677. The molecule has 0 aromatic rings. The number of primary amides is 1. The second-order valence-corrected chi connectivity index (χ2v) is 5.18. The van der Waals surface area contributed by atoms with Gasteiger partial charge < -0.3 is 5.73 Å². The first-order chi connectivity index (χ1) is 8.45. The third-order valence-electron chi connectivity index (χ3n) is 3.85. The maximum absolute atomic E-state index is 11.3. The minimum atomic E-state index is -0.223. The van der Waals surface area contributed by atoms with Crippen LogP contribution in [-0.4, -0.2) is 35.3 Å². The number of likely N-dealkylation sites (tertiary alicyclic amines) is 1. The highest BCUT2D eigenvalue weighted by Gasteiger charge is 2.31. The van der Waals surface area contributed by atoms with Crippen LogP contribution in [0.1, 0.15) is 39.5 Å². The van der Waals surface area contributed by atoms with Gasteiger partial charge >= 0.3 is 0 Å². The molecule has 1 aliphatic heterocycles. The van der Waals surface area contributed by atoms with Crippen molar-refractivity contribution in [3.8, 4) is 0 Å². The Morgan fingerprint density at radius 2 is 2.11 bits per heavy atom. The quantitative estimate of drug-likeness (QED) is 0.358. The molecule has 1 aliphatic rings. The highest BCUT2D eigenvalue weighted by molar-refractivity contribution is 5.77. The molecule has 0 spiro atoms. The summed E-state index contributed by atoms with van der Waals surface area (Å²) in [6.07, 6.45) is 2.98. The van der Waals surface area contributed by atoms with Gasteiger partial charge in [0.1, 0.15) is 0 Å². The summed E-state index contributed by atoms with van der Waals surface area (Å²) >= 11 is 0. The van der Waals surface area contributed by atoms with Crippen molar-refractivity contribution in [2.75, 3.05) is 6.54 Å². The number of hydrogen-bond acceptors (Lipinski definition) is 4. The number of hydrazine groups is 1. The van der Waals surface area contributed by atoms with Crippen molar-refractivity contribution in [1.29, 1.82) is 0 Å². The van der Waals surface area contributed by atoms with E-state index in [2.05, 4.69) is 24.2 Å². The fourth-order valence-corrected chi connectivity index (χ4v) is 2.56. The van der Waals surface area contributed by atoms with Crippen molar-refractivity contribution >= 4 is 11.8 Å². The molecule has 1 fully saturated rings. The van der Waals surface area contributed by atoms with Gasteiger partial charge in [-0.25, -0.2) is 5.84 Å². The number of nitrogens with zero attached hydrogens (tertiary/aromatic N) is 1. The van der Waals surface area contributed by atoms with Crippen LogP contribution in [0.2, 0.25) is 0 Å². The largest absolute Gasteiger partial charge is 0.369 e. The minimum Gasteiger partial charge on any atom is -0.369 e. The fraction of sp³-hybridized carbons (Fsp3) is 0.833. The zero-order valence-electron chi connectivity index (χ0n) is 11.2. The first-order valence-electron chi connectivity index (χ1n) is 6.50. The van der Waals surface area contributed by atoms with E-state index in [1.807, 2.05) is 0 Å². The van der Waals surface area contributed by atoms with E-state index in [1.54, 1.807) is 0 Å². The van der Waals surface area contributed by atoms with Crippen LogP contribution in [0, 0.1) is 5.92 Å². The first-order valence-corrected chi connectivity index (χ1v) is 6.50. The number of hydrogen-bond donors (Lipinski definition) is 3. The number of amides is 2. The van der Waals surface area contributed by atoms with Crippen LogP contribution < -0.4 is 17.0 Å². The van der Waals surface area contributed by atoms with Crippen LogP contribution in [-0.2, 0) is 9.59 Å². The molecule has 3 unspecified atom stereocenters. The minimum absolute atomic E-state index is 0.0630. The smallest absolute Gasteiger partial charge is 0.233 e. The molecule has 0 aliphatic carbocycles.